The third-order valence-corrected chi connectivity index (χ3v) is 2.54. The Kier molecular flexibility index (Phi) is 2.50. The van der Waals surface area contributed by atoms with Gasteiger partial charge in [-0.2, -0.15) is 15.3 Å². The van der Waals surface area contributed by atoms with Gasteiger partial charge in [0.1, 0.15) is 0 Å². The van der Waals surface area contributed by atoms with Gasteiger partial charge in [-0.3, -0.25) is 4.68 Å². The first-order chi connectivity index (χ1) is 7.50. The lowest BCUT2D eigenvalue weighted by Crippen LogP contribution is -2.17. The summed E-state index contributed by atoms with van der Waals surface area (Å²) in [6.07, 6.45) is 5.36. The Balaban J connectivity index is 2.60. The Morgan fingerprint density at radius 3 is 2.44 bits per heavy atom. The van der Waals surface area contributed by atoms with E-state index in [2.05, 4.69) is 36.1 Å². The summed E-state index contributed by atoms with van der Waals surface area (Å²) in [5, 5.41) is 12.0. The van der Waals surface area contributed by atoms with E-state index in [9.17, 15) is 0 Å². The van der Waals surface area contributed by atoms with Crippen LogP contribution in [0.2, 0.25) is 0 Å². The van der Waals surface area contributed by atoms with Gasteiger partial charge in [0.15, 0.2) is 0 Å². The van der Waals surface area contributed by atoms with Crippen molar-refractivity contribution >= 4 is 0 Å². The van der Waals surface area contributed by atoms with Gasteiger partial charge in [-0.05, 0) is 6.07 Å². The SMILES string of the molecule is Cn1ncc(-c2ccnnc2)c1C(C)(C)C. The summed E-state index contributed by atoms with van der Waals surface area (Å²) >= 11 is 0. The quantitative estimate of drug-likeness (QED) is 0.733. The summed E-state index contributed by atoms with van der Waals surface area (Å²) in [5.74, 6) is 0. The summed E-state index contributed by atoms with van der Waals surface area (Å²) in [7, 11) is 1.97. The van der Waals surface area contributed by atoms with Crippen LogP contribution in [-0.2, 0) is 12.5 Å². The average Bonchev–Trinajstić information content (AvgIpc) is 2.61. The third kappa shape index (κ3) is 1.83. The minimum atomic E-state index is 0.0594. The molecule has 0 saturated heterocycles. The lowest BCUT2D eigenvalue weighted by molar-refractivity contribution is 0.524. The van der Waals surface area contributed by atoms with E-state index >= 15 is 0 Å². The number of hydrogen-bond acceptors (Lipinski definition) is 3. The summed E-state index contributed by atoms with van der Waals surface area (Å²) in [5.41, 5.74) is 3.46. The minimum Gasteiger partial charge on any atom is -0.271 e. The van der Waals surface area contributed by atoms with Gasteiger partial charge in [0.05, 0.1) is 24.3 Å². The largest absolute Gasteiger partial charge is 0.271 e. The molecule has 0 spiro atoms. The standard InChI is InChI=1S/C12H16N4/c1-12(2,3)11-10(8-15-16(11)4)9-5-6-13-14-7-9/h5-8H,1-4H3. The number of rotatable bonds is 1. The van der Waals surface area contributed by atoms with Crippen LogP contribution in [0.4, 0.5) is 0 Å². The van der Waals surface area contributed by atoms with Crippen LogP contribution in [0, 0.1) is 0 Å². The van der Waals surface area contributed by atoms with Crippen molar-refractivity contribution in [1.82, 2.24) is 20.0 Å². The highest BCUT2D eigenvalue weighted by molar-refractivity contribution is 5.65. The van der Waals surface area contributed by atoms with Crippen LogP contribution in [0.3, 0.4) is 0 Å². The minimum absolute atomic E-state index is 0.0594. The van der Waals surface area contributed by atoms with Crippen molar-refractivity contribution in [3.8, 4) is 11.1 Å². The smallest absolute Gasteiger partial charge is 0.0575 e. The van der Waals surface area contributed by atoms with Gasteiger partial charge in [0, 0.05) is 23.6 Å². The Labute approximate surface area is 95.3 Å². The van der Waals surface area contributed by atoms with E-state index in [1.807, 2.05) is 24.0 Å². The van der Waals surface area contributed by atoms with Crippen LogP contribution < -0.4 is 0 Å². The molecule has 0 aliphatic heterocycles. The summed E-state index contributed by atoms with van der Waals surface area (Å²) < 4.78 is 1.93. The lowest BCUT2D eigenvalue weighted by atomic mass is 9.87. The zero-order chi connectivity index (χ0) is 11.8. The molecule has 16 heavy (non-hydrogen) atoms. The van der Waals surface area contributed by atoms with Crippen molar-refractivity contribution in [2.24, 2.45) is 7.05 Å². The van der Waals surface area contributed by atoms with Gasteiger partial charge < -0.3 is 0 Å². The molecule has 84 valence electrons. The predicted octanol–water partition coefficient (Wildman–Crippen LogP) is 2.17. The van der Waals surface area contributed by atoms with Crippen molar-refractivity contribution < 1.29 is 0 Å². The number of aryl methyl sites for hydroxylation is 1. The van der Waals surface area contributed by atoms with E-state index in [0.717, 1.165) is 11.1 Å². The molecule has 0 aliphatic carbocycles. The first-order valence-electron chi connectivity index (χ1n) is 5.29. The van der Waals surface area contributed by atoms with Gasteiger partial charge in [-0.1, -0.05) is 20.8 Å². The third-order valence-electron chi connectivity index (χ3n) is 2.54. The molecule has 2 rings (SSSR count). The van der Waals surface area contributed by atoms with Crippen LogP contribution >= 0.6 is 0 Å². The Hall–Kier alpha value is -1.71. The molecule has 2 aromatic rings. The van der Waals surface area contributed by atoms with Crippen LogP contribution in [0.1, 0.15) is 26.5 Å². The molecule has 0 aliphatic rings. The molecule has 2 heterocycles. The fourth-order valence-electron chi connectivity index (χ4n) is 1.99. The summed E-state index contributed by atoms with van der Waals surface area (Å²) in [6.45, 7) is 6.55. The molecule has 0 unspecified atom stereocenters. The molecular weight excluding hydrogens is 200 g/mol. The number of aromatic nitrogens is 4. The van der Waals surface area contributed by atoms with E-state index in [1.54, 1.807) is 12.4 Å². The average molecular weight is 216 g/mol. The molecule has 0 atom stereocenters. The van der Waals surface area contributed by atoms with E-state index in [0.29, 0.717) is 0 Å². The maximum Gasteiger partial charge on any atom is 0.0575 e. The Bertz CT molecular complexity index is 479. The lowest BCUT2D eigenvalue weighted by Gasteiger charge is -2.21. The molecule has 0 amide bonds. The molecule has 0 radical (unpaired) electrons. The van der Waals surface area contributed by atoms with Crippen molar-refractivity contribution in [3.05, 3.63) is 30.4 Å². The molecule has 4 heteroatoms. The number of hydrogen-bond donors (Lipinski definition) is 0. The monoisotopic (exact) mass is 216 g/mol. The van der Waals surface area contributed by atoms with Gasteiger partial charge in [0.2, 0.25) is 0 Å². The Morgan fingerprint density at radius 2 is 1.88 bits per heavy atom. The molecule has 0 aromatic carbocycles. The highest BCUT2D eigenvalue weighted by Gasteiger charge is 2.23. The molecule has 4 nitrogen and oxygen atoms in total. The zero-order valence-electron chi connectivity index (χ0n) is 10.1. The number of nitrogens with zero attached hydrogens (tertiary/aromatic N) is 4. The summed E-state index contributed by atoms with van der Waals surface area (Å²) in [4.78, 5) is 0. The highest BCUT2D eigenvalue weighted by Crippen LogP contribution is 2.31. The maximum absolute atomic E-state index is 4.33. The van der Waals surface area contributed by atoms with Crippen molar-refractivity contribution in [2.75, 3.05) is 0 Å². The van der Waals surface area contributed by atoms with Crippen LogP contribution in [-0.4, -0.2) is 20.0 Å². The van der Waals surface area contributed by atoms with E-state index in [4.69, 9.17) is 0 Å². The molecule has 0 saturated carbocycles. The topological polar surface area (TPSA) is 43.6 Å². The van der Waals surface area contributed by atoms with E-state index in [-0.39, 0.29) is 5.41 Å². The van der Waals surface area contributed by atoms with Crippen LogP contribution in [0.25, 0.3) is 11.1 Å². The van der Waals surface area contributed by atoms with E-state index < -0.39 is 0 Å². The fourth-order valence-corrected chi connectivity index (χ4v) is 1.99. The molecule has 0 bridgehead atoms. The molecular formula is C12H16N4. The Morgan fingerprint density at radius 1 is 1.12 bits per heavy atom. The second-order valence-electron chi connectivity index (χ2n) is 4.91. The second-order valence-corrected chi connectivity index (χ2v) is 4.91. The van der Waals surface area contributed by atoms with E-state index in [1.165, 1.54) is 5.69 Å². The van der Waals surface area contributed by atoms with Crippen molar-refractivity contribution in [2.45, 2.75) is 26.2 Å². The second kappa shape index (κ2) is 3.70. The van der Waals surface area contributed by atoms with Gasteiger partial charge >= 0.3 is 0 Å². The predicted molar refractivity (Wildman–Crippen MR) is 62.9 cm³/mol. The maximum atomic E-state index is 4.33. The molecule has 0 fully saturated rings. The summed E-state index contributed by atoms with van der Waals surface area (Å²) in [6, 6.07) is 1.96. The fraction of sp³-hybridized carbons (Fsp3) is 0.417. The van der Waals surface area contributed by atoms with Crippen molar-refractivity contribution in [1.29, 1.82) is 0 Å². The highest BCUT2D eigenvalue weighted by atomic mass is 15.3. The zero-order valence-corrected chi connectivity index (χ0v) is 10.1. The van der Waals surface area contributed by atoms with Gasteiger partial charge in [-0.15, -0.1) is 0 Å². The molecule has 2 aromatic heterocycles. The van der Waals surface area contributed by atoms with Crippen LogP contribution in [0.5, 0.6) is 0 Å². The molecule has 0 N–H and O–H groups in total. The van der Waals surface area contributed by atoms with Gasteiger partial charge in [0.25, 0.3) is 0 Å². The first kappa shape index (κ1) is 10.8. The normalized spacial score (nSPS) is 11.8. The van der Waals surface area contributed by atoms with Crippen LogP contribution in [0.15, 0.2) is 24.7 Å². The van der Waals surface area contributed by atoms with Gasteiger partial charge in [-0.25, -0.2) is 0 Å². The van der Waals surface area contributed by atoms with Crippen molar-refractivity contribution in [3.63, 3.8) is 0 Å². The first-order valence-corrected chi connectivity index (χ1v) is 5.29.